The van der Waals surface area contributed by atoms with E-state index in [1.165, 1.54) is 6.26 Å². The third kappa shape index (κ3) is 3.17. The van der Waals surface area contributed by atoms with Gasteiger partial charge >= 0.3 is 0 Å². The molecule has 0 atom stereocenters. The molecule has 5 rings (SSSR count). The summed E-state index contributed by atoms with van der Waals surface area (Å²) in [5, 5.41) is 3.55. The molecule has 0 saturated heterocycles. The van der Waals surface area contributed by atoms with Crippen molar-refractivity contribution in [2.45, 2.75) is 13.1 Å². The van der Waals surface area contributed by atoms with Gasteiger partial charge in [0, 0.05) is 24.8 Å². The number of fused-ring (bicyclic) bond motifs is 3. The average molecular weight is 423 g/mol. The van der Waals surface area contributed by atoms with Crippen molar-refractivity contribution in [2.24, 2.45) is 0 Å². The average Bonchev–Trinajstić information content (AvgIpc) is 3.42. The second-order valence-electron chi connectivity index (χ2n) is 7.02. The number of nitrogens with one attached hydrogen (secondary N) is 1. The Bertz CT molecular complexity index is 1230. The van der Waals surface area contributed by atoms with Gasteiger partial charge in [-0.05, 0) is 36.4 Å². The van der Waals surface area contributed by atoms with E-state index in [0.717, 1.165) is 40.7 Å². The number of furan rings is 1. The fourth-order valence-corrected chi connectivity index (χ4v) is 4.09. The van der Waals surface area contributed by atoms with Crippen molar-refractivity contribution in [2.75, 3.05) is 23.9 Å². The summed E-state index contributed by atoms with van der Waals surface area (Å²) in [6.07, 6.45) is 1.46. The fraction of sp³-hybridized carbons (Fsp3) is 0.182. The molecule has 4 aromatic rings. The highest BCUT2D eigenvalue weighted by Crippen LogP contribution is 2.33. The first kappa shape index (κ1) is 18.6. The smallest absolute Gasteiger partial charge is 0.291 e. The van der Waals surface area contributed by atoms with Crippen molar-refractivity contribution in [3.05, 3.63) is 71.4 Å². The zero-order chi connectivity index (χ0) is 20.7. The molecule has 0 fully saturated rings. The number of nitrogens with zero attached hydrogens (tertiary/aromatic N) is 3. The summed E-state index contributed by atoms with van der Waals surface area (Å²) in [5.41, 5.74) is 3.47. The summed E-state index contributed by atoms with van der Waals surface area (Å²) in [6, 6.07) is 14.8. The van der Waals surface area contributed by atoms with E-state index in [9.17, 15) is 4.79 Å². The molecule has 0 radical (unpaired) electrons. The van der Waals surface area contributed by atoms with Gasteiger partial charge in [-0.3, -0.25) is 4.79 Å². The number of rotatable bonds is 4. The number of carbonyl (C=O) groups is 1. The Labute approximate surface area is 177 Å². The predicted molar refractivity (Wildman–Crippen MR) is 115 cm³/mol. The molecule has 30 heavy (non-hydrogen) atoms. The minimum absolute atomic E-state index is 0.245. The predicted octanol–water partition coefficient (Wildman–Crippen LogP) is 4.56. The monoisotopic (exact) mass is 422 g/mol. The Morgan fingerprint density at radius 1 is 1.20 bits per heavy atom. The zero-order valence-electron chi connectivity index (χ0n) is 16.3. The molecule has 7 nitrogen and oxygen atoms in total. The normalized spacial score (nSPS) is 13.3. The Hall–Kier alpha value is -3.45. The second kappa shape index (κ2) is 7.42. The van der Waals surface area contributed by atoms with E-state index in [4.69, 9.17) is 25.7 Å². The van der Waals surface area contributed by atoms with Crippen LogP contribution < -0.4 is 15.0 Å². The van der Waals surface area contributed by atoms with Crippen LogP contribution in [0.2, 0.25) is 5.02 Å². The van der Waals surface area contributed by atoms with Gasteiger partial charge in [0.25, 0.3) is 5.91 Å². The molecule has 0 saturated carbocycles. The minimum atomic E-state index is -0.324. The highest BCUT2D eigenvalue weighted by atomic mass is 35.5. The molecule has 1 N–H and O–H groups in total. The van der Waals surface area contributed by atoms with Crippen LogP contribution in [0.1, 0.15) is 16.4 Å². The summed E-state index contributed by atoms with van der Waals surface area (Å²) < 4.78 is 12.8. The van der Waals surface area contributed by atoms with Crippen LogP contribution in [0.4, 0.5) is 11.4 Å². The van der Waals surface area contributed by atoms with Crippen molar-refractivity contribution in [1.82, 2.24) is 9.55 Å². The van der Waals surface area contributed by atoms with Crippen molar-refractivity contribution in [3.63, 3.8) is 0 Å². The lowest BCUT2D eigenvalue weighted by atomic mass is 10.2. The molecule has 0 spiro atoms. The van der Waals surface area contributed by atoms with E-state index in [0.29, 0.717) is 18.0 Å². The van der Waals surface area contributed by atoms with E-state index in [-0.39, 0.29) is 11.7 Å². The number of halogens is 1. The number of carbonyl (C=O) groups excluding carboxylic acids is 1. The number of ether oxygens (including phenoxy) is 1. The van der Waals surface area contributed by atoms with Crippen molar-refractivity contribution in [1.29, 1.82) is 0 Å². The van der Waals surface area contributed by atoms with Gasteiger partial charge < -0.3 is 23.9 Å². The number of para-hydroxylation sites is 1. The molecule has 0 aliphatic carbocycles. The van der Waals surface area contributed by atoms with E-state index in [2.05, 4.69) is 14.8 Å². The molecule has 3 heterocycles. The lowest BCUT2D eigenvalue weighted by molar-refractivity contribution is 0.0996. The summed E-state index contributed by atoms with van der Waals surface area (Å²) >= 11 is 6.39. The van der Waals surface area contributed by atoms with Gasteiger partial charge in [0.1, 0.15) is 11.6 Å². The van der Waals surface area contributed by atoms with E-state index >= 15 is 0 Å². The lowest BCUT2D eigenvalue weighted by Gasteiger charge is -2.30. The van der Waals surface area contributed by atoms with Crippen LogP contribution in [-0.2, 0) is 13.1 Å². The summed E-state index contributed by atoms with van der Waals surface area (Å²) in [4.78, 5) is 19.3. The van der Waals surface area contributed by atoms with Gasteiger partial charge in [-0.15, -0.1) is 0 Å². The molecule has 0 bridgehead atoms. The van der Waals surface area contributed by atoms with E-state index in [1.807, 2.05) is 36.4 Å². The first-order valence-corrected chi connectivity index (χ1v) is 9.93. The SMILES string of the molecule is COc1cc(N2CCn3c(nc4cccc(Cl)c43)C2)ccc1NC(=O)c1ccco1. The Morgan fingerprint density at radius 2 is 2.10 bits per heavy atom. The molecule has 152 valence electrons. The molecule has 2 aromatic heterocycles. The largest absolute Gasteiger partial charge is 0.494 e. The summed E-state index contributed by atoms with van der Waals surface area (Å²) in [6.45, 7) is 2.26. The number of methoxy groups -OCH3 is 1. The fourth-order valence-electron chi connectivity index (χ4n) is 3.81. The lowest BCUT2D eigenvalue weighted by Crippen LogP contribution is -2.33. The maximum Gasteiger partial charge on any atom is 0.291 e. The third-order valence-electron chi connectivity index (χ3n) is 5.27. The molecule has 0 unspecified atom stereocenters. The van der Waals surface area contributed by atoms with E-state index < -0.39 is 0 Å². The molecule has 8 heteroatoms. The van der Waals surface area contributed by atoms with Crippen LogP contribution in [0.25, 0.3) is 11.0 Å². The first-order valence-electron chi connectivity index (χ1n) is 9.55. The van der Waals surface area contributed by atoms with Crippen LogP contribution in [0.3, 0.4) is 0 Å². The van der Waals surface area contributed by atoms with Crippen molar-refractivity contribution >= 4 is 39.9 Å². The summed E-state index contributed by atoms with van der Waals surface area (Å²) in [5.74, 6) is 1.47. The highest BCUT2D eigenvalue weighted by molar-refractivity contribution is 6.35. The van der Waals surface area contributed by atoms with Crippen LogP contribution in [0.5, 0.6) is 5.75 Å². The Balaban J connectivity index is 1.40. The number of amides is 1. The number of imidazole rings is 1. The molecule has 2 aromatic carbocycles. The highest BCUT2D eigenvalue weighted by Gasteiger charge is 2.22. The third-order valence-corrected chi connectivity index (χ3v) is 5.57. The van der Waals surface area contributed by atoms with Gasteiger partial charge in [0.05, 0.1) is 41.7 Å². The molecule has 1 amide bonds. The molecular weight excluding hydrogens is 404 g/mol. The second-order valence-corrected chi connectivity index (χ2v) is 7.43. The van der Waals surface area contributed by atoms with Crippen LogP contribution in [0.15, 0.2) is 59.2 Å². The van der Waals surface area contributed by atoms with Crippen LogP contribution >= 0.6 is 11.6 Å². The van der Waals surface area contributed by atoms with Gasteiger partial charge in [-0.2, -0.15) is 0 Å². The van der Waals surface area contributed by atoms with Gasteiger partial charge in [-0.25, -0.2) is 4.98 Å². The quantitative estimate of drug-likeness (QED) is 0.521. The molecular formula is C22H19ClN4O3. The van der Waals surface area contributed by atoms with Crippen molar-refractivity contribution < 1.29 is 13.9 Å². The summed E-state index contributed by atoms with van der Waals surface area (Å²) in [7, 11) is 1.58. The number of hydrogen-bond acceptors (Lipinski definition) is 5. The minimum Gasteiger partial charge on any atom is -0.494 e. The number of hydrogen-bond donors (Lipinski definition) is 1. The van der Waals surface area contributed by atoms with E-state index in [1.54, 1.807) is 19.2 Å². The topological polar surface area (TPSA) is 72.5 Å². The number of aromatic nitrogens is 2. The Kier molecular flexibility index (Phi) is 4.59. The first-order chi connectivity index (χ1) is 14.6. The van der Waals surface area contributed by atoms with Gasteiger partial charge in [-0.1, -0.05) is 17.7 Å². The zero-order valence-corrected chi connectivity index (χ0v) is 17.0. The van der Waals surface area contributed by atoms with Crippen molar-refractivity contribution in [3.8, 4) is 5.75 Å². The molecule has 1 aliphatic rings. The van der Waals surface area contributed by atoms with Gasteiger partial charge in [0.15, 0.2) is 5.76 Å². The van der Waals surface area contributed by atoms with Crippen LogP contribution in [0, 0.1) is 0 Å². The standard InChI is InChI=1S/C22H19ClN4O3/c1-29-19-12-14(7-8-16(19)25-22(28)18-6-3-11-30-18)26-9-10-27-20(13-26)24-17-5-2-4-15(23)21(17)27/h2-8,11-12H,9-10,13H2,1H3,(H,25,28). The number of anilines is 2. The number of benzene rings is 2. The van der Waals surface area contributed by atoms with Crippen LogP contribution in [-0.4, -0.2) is 29.1 Å². The molecule has 1 aliphatic heterocycles. The Morgan fingerprint density at radius 3 is 2.90 bits per heavy atom. The maximum absolute atomic E-state index is 12.3. The van der Waals surface area contributed by atoms with Gasteiger partial charge in [0.2, 0.25) is 0 Å². The maximum atomic E-state index is 12.3.